The van der Waals surface area contributed by atoms with Crippen molar-refractivity contribution in [3.63, 3.8) is 0 Å². The molecule has 0 saturated heterocycles. The van der Waals surface area contributed by atoms with Crippen LogP contribution >= 0.6 is 0 Å². The molecule has 0 spiro atoms. The van der Waals surface area contributed by atoms with Gasteiger partial charge in [-0.15, -0.1) is 0 Å². The molecule has 1 heterocycles. The maximum Gasteiger partial charge on any atom is 0.176 e. The second-order valence-corrected chi connectivity index (χ2v) is 5.94. The van der Waals surface area contributed by atoms with Gasteiger partial charge in [0.15, 0.2) is 9.84 Å². The number of rotatable bonds is 2. The molecule has 0 bridgehead atoms. The van der Waals surface area contributed by atoms with Gasteiger partial charge >= 0.3 is 0 Å². The normalized spacial score (nSPS) is 11.4. The van der Waals surface area contributed by atoms with Crippen LogP contribution in [0.5, 0.6) is 0 Å². The third-order valence-corrected chi connectivity index (χ3v) is 3.65. The van der Waals surface area contributed by atoms with Crippen molar-refractivity contribution in [1.82, 2.24) is 4.98 Å². The molecule has 0 unspecified atom stereocenters. The molecule has 0 amide bonds. The van der Waals surface area contributed by atoms with Gasteiger partial charge < -0.3 is 0 Å². The van der Waals surface area contributed by atoms with Gasteiger partial charge in [-0.05, 0) is 30.7 Å². The minimum atomic E-state index is -3.21. The minimum Gasteiger partial charge on any atom is -0.262 e. The Bertz CT molecular complexity index is 648. The Morgan fingerprint density at radius 2 is 1.82 bits per heavy atom. The van der Waals surface area contributed by atoms with Crippen molar-refractivity contribution >= 4 is 9.84 Å². The number of hydrogen-bond acceptors (Lipinski definition) is 3. The molecular formula is C13H13NO2S. The summed E-state index contributed by atoms with van der Waals surface area (Å²) < 4.78 is 23.4. The van der Waals surface area contributed by atoms with E-state index in [1.54, 1.807) is 18.3 Å². The molecule has 2 aromatic rings. The number of benzene rings is 1. The quantitative estimate of drug-likeness (QED) is 0.819. The summed E-state index contributed by atoms with van der Waals surface area (Å²) in [6.07, 6.45) is 2.91. The first-order valence-electron chi connectivity index (χ1n) is 5.20. The van der Waals surface area contributed by atoms with Crippen molar-refractivity contribution in [2.24, 2.45) is 0 Å². The van der Waals surface area contributed by atoms with Crippen LogP contribution in [0.1, 0.15) is 5.69 Å². The molecule has 3 nitrogen and oxygen atoms in total. The Kier molecular flexibility index (Phi) is 2.98. The summed E-state index contributed by atoms with van der Waals surface area (Å²) >= 11 is 0. The van der Waals surface area contributed by atoms with E-state index in [9.17, 15) is 8.42 Å². The molecule has 1 aromatic heterocycles. The van der Waals surface area contributed by atoms with Crippen LogP contribution in [0.3, 0.4) is 0 Å². The standard InChI is InChI=1S/C13H13NO2S/c1-10-9-11(7-8-14-10)12-5-3-4-6-13(12)17(2,15)16/h3-9H,1-2H3. The third kappa shape index (κ3) is 2.53. The lowest BCUT2D eigenvalue weighted by Gasteiger charge is -2.08. The number of sulfone groups is 1. The molecule has 0 saturated carbocycles. The lowest BCUT2D eigenvalue weighted by atomic mass is 10.1. The van der Waals surface area contributed by atoms with Gasteiger partial charge in [-0.2, -0.15) is 0 Å². The molecule has 0 N–H and O–H groups in total. The number of aromatic nitrogens is 1. The van der Waals surface area contributed by atoms with Crippen LogP contribution in [0.25, 0.3) is 11.1 Å². The van der Waals surface area contributed by atoms with Gasteiger partial charge in [0.1, 0.15) is 0 Å². The zero-order chi connectivity index (χ0) is 12.5. The van der Waals surface area contributed by atoms with Crippen LogP contribution in [-0.4, -0.2) is 19.7 Å². The molecular weight excluding hydrogens is 234 g/mol. The predicted molar refractivity (Wildman–Crippen MR) is 67.5 cm³/mol. The zero-order valence-corrected chi connectivity index (χ0v) is 10.5. The number of nitrogens with zero attached hydrogens (tertiary/aromatic N) is 1. The Hall–Kier alpha value is -1.68. The van der Waals surface area contributed by atoms with Crippen LogP contribution in [0, 0.1) is 6.92 Å². The Morgan fingerprint density at radius 3 is 2.47 bits per heavy atom. The van der Waals surface area contributed by atoms with Gasteiger partial charge in [-0.1, -0.05) is 18.2 Å². The van der Waals surface area contributed by atoms with Crippen LogP contribution in [-0.2, 0) is 9.84 Å². The summed E-state index contributed by atoms with van der Waals surface area (Å²) in [5.74, 6) is 0. The third-order valence-electron chi connectivity index (χ3n) is 2.49. The zero-order valence-electron chi connectivity index (χ0n) is 9.71. The lowest BCUT2D eigenvalue weighted by Crippen LogP contribution is -1.99. The molecule has 0 atom stereocenters. The average Bonchev–Trinajstić information content (AvgIpc) is 2.28. The second-order valence-electron chi connectivity index (χ2n) is 3.95. The summed E-state index contributed by atoms with van der Waals surface area (Å²) in [5, 5.41) is 0. The van der Waals surface area contributed by atoms with Crippen LogP contribution in [0.15, 0.2) is 47.5 Å². The van der Waals surface area contributed by atoms with E-state index in [0.29, 0.717) is 4.90 Å². The average molecular weight is 247 g/mol. The summed E-state index contributed by atoms with van der Waals surface area (Å²) in [6.45, 7) is 1.88. The van der Waals surface area contributed by atoms with Crippen molar-refractivity contribution in [2.45, 2.75) is 11.8 Å². The van der Waals surface area contributed by atoms with Gasteiger partial charge in [0.05, 0.1) is 4.90 Å². The van der Waals surface area contributed by atoms with E-state index in [2.05, 4.69) is 4.98 Å². The molecule has 88 valence electrons. The molecule has 0 fully saturated rings. The Balaban J connectivity index is 2.69. The Labute approximate surface area is 101 Å². The van der Waals surface area contributed by atoms with Crippen LogP contribution in [0.4, 0.5) is 0 Å². The van der Waals surface area contributed by atoms with E-state index in [-0.39, 0.29) is 0 Å². The topological polar surface area (TPSA) is 47.0 Å². The molecule has 0 radical (unpaired) electrons. The largest absolute Gasteiger partial charge is 0.262 e. The fourth-order valence-corrected chi connectivity index (χ4v) is 2.65. The molecule has 2 rings (SSSR count). The lowest BCUT2D eigenvalue weighted by molar-refractivity contribution is 0.602. The van der Waals surface area contributed by atoms with Gasteiger partial charge in [-0.25, -0.2) is 8.42 Å². The van der Waals surface area contributed by atoms with Crippen molar-refractivity contribution in [3.8, 4) is 11.1 Å². The highest BCUT2D eigenvalue weighted by Crippen LogP contribution is 2.26. The van der Waals surface area contributed by atoms with Crippen LogP contribution < -0.4 is 0 Å². The first kappa shape index (κ1) is 11.8. The number of hydrogen-bond donors (Lipinski definition) is 0. The van der Waals surface area contributed by atoms with Gasteiger partial charge in [0, 0.05) is 23.7 Å². The van der Waals surface area contributed by atoms with Crippen LogP contribution in [0.2, 0.25) is 0 Å². The smallest absolute Gasteiger partial charge is 0.176 e. The molecule has 17 heavy (non-hydrogen) atoms. The monoisotopic (exact) mass is 247 g/mol. The SMILES string of the molecule is Cc1cc(-c2ccccc2S(C)(=O)=O)ccn1. The van der Waals surface area contributed by atoms with Gasteiger partial charge in [-0.3, -0.25) is 4.98 Å². The van der Waals surface area contributed by atoms with E-state index in [1.807, 2.05) is 31.2 Å². The first-order chi connectivity index (χ1) is 7.98. The predicted octanol–water partition coefficient (Wildman–Crippen LogP) is 2.46. The highest BCUT2D eigenvalue weighted by Gasteiger charge is 2.13. The molecule has 4 heteroatoms. The second kappa shape index (κ2) is 4.30. The van der Waals surface area contributed by atoms with E-state index in [0.717, 1.165) is 16.8 Å². The highest BCUT2D eigenvalue weighted by molar-refractivity contribution is 7.90. The molecule has 1 aromatic carbocycles. The summed E-state index contributed by atoms with van der Waals surface area (Å²) in [5.41, 5.74) is 2.46. The van der Waals surface area contributed by atoms with Crippen molar-refractivity contribution < 1.29 is 8.42 Å². The first-order valence-corrected chi connectivity index (χ1v) is 7.10. The number of aryl methyl sites for hydroxylation is 1. The van der Waals surface area contributed by atoms with Crippen molar-refractivity contribution in [3.05, 3.63) is 48.3 Å². The van der Waals surface area contributed by atoms with E-state index >= 15 is 0 Å². The summed E-state index contributed by atoms with van der Waals surface area (Å²) in [7, 11) is -3.21. The fourth-order valence-electron chi connectivity index (χ4n) is 1.74. The van der Waals surface area contributed by atoms with E-state index in [1.165, 1.54) is 6.26 Å². The maximum atomic E-state index is 11.7. The summed E-state index contributed by atoms with van der Waals surface area (Å²) in [6, 6.07) is 10.7. The minimum absolute atomic E-state index is 0.352. The van der Waals surface area contributed by atoms with Gasteiger partial charge in [0.2, 0.25) is 0 Å². The number of pyridine rings is 1. The molecule has 0 aliphatic rings. The van der Waals surface area contributed by atoms with Crippen molar-refractivity contribution in [1.29, 1.82) is 0 Å². The van der Waals surface area contributed by atoms with E-state index in [4.69, 9.17) is 0 Å². The molecule has 0 aliphatic carbocycles. The fraction of sp³-hybridized carbons (Fsp3) is 0.154. The van der Waals surface area contributed by atoms with Gasteiger partial charge in [0.25, 0.3) is 0 Å². The maximum absolute atomic E-state index is 11.7. The highest BCUT2D eigenvalue weighted by atomic mass is 32.2. The van der Waals surface area contributed by atoms with E-state index < -0.39 is 9.84 Å². The molecule has 0 aliphatic heterocycles. The summed E-state index contributed by atoms with van der Waals surface area (Å²) in [4.78, 5) is 4.46. The Morgan fingerprint density at radius 1 is 1.12 bits per heavy atom. The van der Waals surface area contributed by atoms with Crippen molar-refractivity contribution in [2.75, 3.05) is 6.26 Å².